The number of nitrogens with zero attached hydrogens (tertiary/aromatic N) is 7. The van der Waals surface area contributed by atoms with Crippen molar-refractivity contribution >= 4 is 57.1 Å². The number of likely N-dealkylation sites (N-methyl/N-ethyl adjacent to an activating group) is 1. The molecule has 4 aromatic rings. The van der Waals surface area contributed by atoms with Crippen LogP contribution in [0.15, 0.2) is 29.6 Å². The number of aryl methyl sites for hydroxylation is 1. The molecule has 31 heavy (non-hydrogen) atoms. The van der Waals surface area contributed by atoms with E-state index >= 15 is 0 Å². The highest BCUT2D eigenvalue weighted by atomic mass is 35.5. The molecule has 8 nitrogen and oxygen atoms in total. The lowest BCUT2D eigenvalue weighted by Crippen LogP contribution is -2.44. The minimum Gasteiger partial charge on any atom is -0.354 e. The van der Waals surface area contributed by atoms with Gasteiger partial charge in [0.2, 0.25) is 10.9 Å². The van der Waals surface area contributed by atoms with Crippen LogP contribution in [0, 0.1) is 6.92 Å². The molecule has 4 heterocycles. The zero-order chi connectivity index (χ0) is 21.5. The summed E-state index contributed by atoms with van der Waals surface area (Å²) < 4.78 is 1.76. The Morgan fingerprint density at radius 1 is 1.03 bits per heavy atom. The summed E-state index contributed by atoms with van der Waals surface area (Å²) in [5, 5.41) is 11.0. The molecule has 1 N–H and O–H groups in total. The van der Waals surface area contributed by atoms with Crippen LogP contribution < -0.4 is 10.2 Å². The van der Waals surface area contributed by atoms with Gasteiger partial charge >= 0.3 is 0 Å². The monoisotopic (exact) mass is 474 g/mol. The molecule has 0 unspecified atom stereocenters. The van der Waals surface area contributed by atoms with Gasteiger partial charge in [0.15, 0.2) is 0 Å². The molecule has 0 spiro atoms. The summed E-state index contributed by atoms with van der Waals surface area (Å²) in [6.45, 7) is 5.80. The fraction of sp³-hybridized carbons (Fsp3) is 0.300. The maximum Gasteiger partial charge on any atom is 0.249 e. The van der Waals surface area contributed by atoms with Crippen molar-refractivity contribution in [3.8, 4) is 11.3 Å². The van der Waals surface area contributed by atoms with Gasteiger partial charge in [-0.05, 0) is 32.2 Å². The van der Waals surface area contributed by atoms with Crippen LogP contribution >= 0.6 is 34.5 Å². The maximum absolute atomic E-state index is 6.39. The number of anilines is 3. The summed E-state index contributed by atoms with van der Waals surface area (Å²) in [7, 11) is 2.14. The van der Waals surface area contributed by atoms with Crippen molar-refractivity contribution in [1.29, 1.82) is 0 Å². The minimum atomic E-state index is 0.466. The second kappa shape index (κ2) is 8.23. The Hall–Kier alpha value is -2.46. The number of aromatic nitrogens is 5. The first-order valence-corrected chi connectivity index (χ1v) is 11.5. The van der Waals surface area contributed by atoms with Gasteiger partial charge in [0.25, 0.3) is 0 Å². The molecule has 1 aromatic carbocycles. The van der Waals surface area contributed by atoms with Crippen molar-refractivity contribution < 1.29 is 0 Å². The van der Waals surface area contributed by atoms with Crippen LogP contribution in [-0.2, 0) is 0 Å². The largest absolute Gasteiger partial charge is 0.354 e. The van der Waals surface area contributed by atoms with E-state index in [0.717, 1.165) is 48.2 Å². The second-order valence-corrected chi connectivity index (χ2v) is 9.13. The molecular formula is C20H20Cl2N8S. The Labute approximate surface area is 193 Å². The molecule has 5 rings (SSSR count). The SMILES string of the molecule is Cc1nc(Nc2nc3scc(-c4cc(Cl)ccc4Cl)n3n2)cc(N2CCN(C)CC2)n1. The predicted molar refractivity (Wildman–Crippen MR) is 126 cm³/mol. The van der Waals surface area contributed by atoms with Gasteiger partial charge in [-0.25, -0.2) is 14.5 Å². The molecule has 1 aliphatic rings. The van der Waals surface area contributed by atoms with Crippen LogP contribution in [0.1, 0.15) is 5.82 Å². The predicted octanol–water partition coefficient (Wildman–Crippen LogP) is 4.36. The smallest absolute Gasteiger partial charge is 0.249 e. The van der Waals surface area contributed by atoms with E-state index in [4.69, 9.17) is 23.2 Å². The van der Waals surface area contributed by atoms with Crippen molar-refractivity contribution in [2.24, 2.45) is 0 Å². The van der Waals surface area contributed by atoms with Crippen LogP contribution in [0.3, 0.4) is 0 Å². The minimum absolute atomic E-state index is 0.466. The molecule has 0 aliphatic carbocycles. The van der Waals surface area contributed by atoms with E-state index in [1.807, 2.05) is 24.4 Å². The molecule has 160 valence electrons. The highest BCUT2D eigenvalue weighted by molar-refractivity contribution is 7.15. The van der Waals surface area contributed by atoms with Crippen molar-refractivity contribution in [2.45, 2.75) is 6.92 Å². The highest BCUT2D eigenvalue weighted by Crippen LogP contribution is 2.33. The number of fused-ring (bicyclic) bond motifs is 1. The maximum atomic E-state index is 6.39. The first kappa shape index (κ1) is 20.4. The van der Waals surface area contributed by atoms with E-state index in [9.17, 15) is 0 Å². The van der Waals surface area contributed by atoms with Gasteiger partial charge in [-0.1, -0.05) is 23.2 Å². The number of benzene rings is 1. The fourth-order valence-electron chi connectivity index (χ4n) is 3.54. The normalized spacial score (nSPS) is 15.0. The third-order valence-corrected chi connectivity index (χ3v) is 6.56. The third-order valence-electron chi connectivity index (χ3n) is 5.18. The number of thiazole rings is 1. The van der Waals surface area contributed by atoms with Gasteiger partial charge < -0.3 is 15.1 Å². The average Bonchev–Trinajstić information content (AvgIpc) is 3.30. The van der Waals surface area contributed by atoms with Gasteiger partial charge in [-0.2, -0.15) is 4.98 Å². The average molecular weight is 475 g/mol. The molecular weight excluding hydrogens is 455 g/mol. The Balaban J connectivity index is 1.44. The van der Waals surface area contributed by atoms with Crippen LogP contribution in [0.5, 0.6) is 0 Å². The summed E-state index contributed by atoms with van der Waals surface area (Å²) in [5.74, 6) is 2.75. The van der Waals surface area contributed by atoms with Crippen LogP contribution in [0.2, 0.25) is 10.0 Å². The molecule has 1 saturated heterocycles. The van der Waals surface area contributed by atoms with Gasteiger partial charge in [0.05, 0.1) is 10.7 Å². The fourth-order valence-corrected chi connectivity index (χ4v) is 4.75. The third kappa shape index (κ3) is 4.18. The van der Waals surface area contributed by atoms with Crippen LogP contribution in [0.4, 0.5) is 17.6 Å². The Morgan fingerprint density at radius 2 is 1.84 bits per heavy atom. The van der Waals surface area contributed by atoms with Crippen LogP contribution in [-0.4, -0.2) is 62.7 Å². The van der Waals surface area contributed by atoms with E-state index < -0.39 is 0 Å². The summed E-state index contributed by atoms with van der Waals surface area (Å²) in [6, 6.07) is 7.32. The Kier molecular flexibility index (Phi) is 5.43. The van der Waals surface area contributed by atoms with E-state index in [2.05, 4.69) is 42.2 Å². The van der Waals surface area contributed by atoms with Gasteiger partial charge in [0, 0.05) is 48.2 Å². The van der Waals surface area contributed by atoms with Crippen molar-refractivity contribution in [3.05, 3.63) is 45.5 Å². The Bertz CT molecular complexity index is 1250. The summed E-state index contributed by atoms with van der Waals surface area (Å²) in [4.78, 5) is 19.1. The molecule has 11 heteroatoms. The molecule has 0 saturated carbocycles. The van der Waals surface area contributed by atoms with Crippen molar-refractivity contribution in [3.63, 3.8) is 0 Å². The van der Waals surface area contributed by atoms with Gasteiger partial charge in [-0.3, -0.25) is 0 Å². The number of hydrogen-bond donors (Lipinski definition) is 1. The van der Waals surface area contributed by atoms with E-state index in [0.29, 0.717) is 27.6 Å². The zero-order valence-electron chi connectivity index (χ0n) is 17.0. The molecule has 0 atom stereocenters. The molecule has 3 aromatic heterocycles. The molecule has 1 aliphatic heterocycles. The first-order valence-electron chi connectivity index (χ1n) is 9.82. The Morgan fingerprint density at radius 3 is 2.65 bits per heavy atom. The number of hydrogen-bond acceptors (Lipinski definition) is 8. The zero-order valence-corrected chi connectivity index (χ0v) is 19.3. The van der Waals surface area contributed by atoms with Crippen molar-refractivity contribution in [2.75, 3.05) is 43.4 Å². The van der Waals surface area contributed by atoms with E-state index in [-0.39, 0.29) is 0 Å². The molecule has 0 radical (unpaired) electrons. The second-order valence-electron chi connectivity index (χ2n) is 7.45. The molecule has 0 amide bonds. The van der Waals surface area contributed by atoms with Crippen molar-refractivity contribution in [1.82, 2.24) is 29.5 Å². The lowest BCUT2D eigenvalue weighted by molar-refractivity contribution is 0.312. The summed E-state index contributed by atoms with van der Waals surface area (Å²) >= 11 is 14.0. The number of nitrogens with one attached hydrogen (secondary N) is 1. The number of halogens is 2. The van der Waals surface area contributed by atoms with Gasteiger partial charge in [-0.15, -0.1) is 16.4 Å². The van der Waals surface area contributed by atoms with E-state index in [1.54, 1.807) is 16.6 Å². The number of rotatable bonds is 4. The lowest BCUT2D eigenvalue weighted by atomic mass is 10.2. The summed E-state index contributed by atoms with van der Waals surface area (Å²) in [6.07, 6.45) is 0. The quantitative estimate of drug-likeness (QED) is 0.470. The molecule has 0 bridgehead atoms. The van der Waals surface area contributed by atoms with Crippen LogP contribution in [0.25, 0.3) is 16.2 Å². The first-order chi connectivity index (χ1) is 15.0. The van der Waals surface area contributed by atoms with E-state index in [1.165, 1.54) is 11.3 Å². The lowest BCUT2D eigenvalue weighted by Gasteiger charge is -2.33. The summed E-state index contributed by atoms with van der Waals surface area (Å²) in [5.41, 5.74) is 1.65. The van der Waals surface area contributed by atoms with Gasteiger partial charge in [0.1, 0.15) is 17.5 Å². The molecule has 1 fully saturated rings. The topological polar surface area (TPSA) is 74.5 Å². The highest BCUT2D eigenvalue weighted by Gasteiger charge is 2.18. The number of piperazine rings is 1. The standard InChI is InChI=1S/C20H20Cl2N8S/c1-12-23-17(10-18(24-12)29-7-5-28(2)6-8-29)25-19-26-20-30(27-19)16(11-31-20)14-9-13(21)3-4-15(14)22/h3-4,9-11H,5-8H2,1-2H3,(H,23,24,25,27).